The first-order valence-corrected chi connectivity index (χ1v) is 6.37. The lowest BCUT2D eigenvalue weighted by Crippen LogP contribution is -2.17. The Morgan fingerprint density at radius 1 is 1.21 bits per heavy atom. The molecule has 100 valence electrons. The third kappa shape index (κ3) is 2.62. The van der Waals surface area contributed by atoms with Crippen molar-refractivity contribution in [3.05, 3.63) is 30.2 Å². The summed E-state index contributed by atoms with van der Waals surface area (Å²) in [5.74, 6) is 1.09. The second kappa shape index (κ2) is 5.17. The van der Waals surface area contributed by atoms with Crippen LogP contribution in [-0.2, 0) is 6.61 Å². The molecule has 1 fully saturated rings. The summed E-state index contributed by atoms with van der Waals surface area (Å²) in [6, 6.07) is 7.92. The van der Waals surface area contributed by atoms with E-state index >= 15 is 0 Å². The summed E-state index contributed by atoms with van der Waals surface area (Å²) < 4.78 is 11.1. The molecule has 0 radical (unpaired) electrons. The maximum absolute atomic E-state index is 5.79. The summed E-state index contributed by atoms with van der Waals surface area (Å²) in [5.41, 5.74) is 6.39. The third-order valence-corrected chi connectivity index (χ3v) is 3.10. The summed E-state index contributed by atoms with van der Waals surface area (Å²) in [5, 5.41) is 8.01. The molecule has 0 atom stereocenters. The minimum absolute atomic E-state index is 0.231. The zero-order valence-electron chi connectivity index (χ0n) is 10.6. The molecule has 1 aromatic heterocycles. The topological polar surface area (TPSA) is 77.4 Å². The monoisotopic (exact) mass is 260 g/mol. The molecular formula is C13H16N4O2. The van der Waals surface area contributed by atoms with Gasteiger partial charge in [-0.15, -0.1) is 5.10 Å². The van der Waals surface area contributed by atoms with E-state index < -0.39 is 0 Å². The predicted molar refractivity (Wildman–Crippen MR) is 70.9 cm³/mol. The van der Waals surface area contributed by atoms with Gasteiger partial charge in [0.25, 0.3) is 5.89 Å². The van der Waals surface area contributed by atoms with E-state index in [0.717, 1.165) is 13.1 Å². The van der Waals surface area contributed by atoms with E-state index in [1.165, 1.54) is 12.8 Å². The predicted octanol–water partition coefficient (Wildman–Crippen LogP) is 1.83. The molecule has 1 aliphatic heterocycles. The Kier molecular flexibility index (Phi) is 3.22. The van der Waals surface area contributed by atoms with Gasteiger partial charge >= 0.3 is 6.01 Å². The second-order valence-electron chi connectivity index (χ2n) is 4.50. The van der Waals surface area contributed by atoms with Crippen molar-refractivity contribution in [2.75, 3.05) is 23.7 Å². The Bertz CT molecular complexity index is 549. The highest BCUT2D eigenvalue weighted by molar-refractivity contribution is 5.51. The number of hydrogen-bond donors (Lipinski definition) is 1. The maximum atomic E-state index is 5.79. The summed E-state index contributed by atoms with van der Waals surface area (Å²) in [7, 11) is 0. The number of rotatable bonds is 4. The van der Waals surface area contributed by atoms with Crippen molar-refractivity contribution in [1.29, 1.82) is 0 Å². The van der Waals surface area contributed by atoms with Crippen LogP contribution in [-0.4, -0.2) is 23.3 Å². The van der Waals surface area contributed by atoms with E-state index in [1.54, 1.807) is 6.07 Å². The molecule has 19 heavy (non-hydrogen) atoms. The van der Waals surface area contributed by atoms with Crippen LogP contribution >= 0.6 is 0 Å². The van der Waals surface area contributed by atoms with E-state index in [2.05, 4.69) is 15.1 Å². The van der Waals surface area contributed by atoms with Gasteiger partial charge in [-0.2, -0.15) is 0 Å². The van der Waals surface area contributed by atoms with Gasteiger partial charge in [0.05, 0.1) is 5.69 Å². The SMILES string of the molecule is Nc1ccccc1OCc1nnc(N2CCCC2)o1. The number of para-hydroxylation sites is 2. The van der Waals surface area contributed by atoms with Crippen LogP contribution in [0.25, 0.3) is 0 Å². The van der Waals surface area contributed by atoms with Crippen LogP contribution in [0, 0.1) is 0 Å². The van der Waals surface area contributed by atoms with Gasteiger partial charge in [-0.3, -0.25) is 0 Å². The van der Waals surface area contributed by atoms with Crippen LogP contribution in [0.3, 0.4) is 0 Å². The van der Waals surface area contributed by atoms with Crippen LogP contribution in [0.15, 0.2) is 28.7 Å². The average molecular weight is 260 g/mol. The molecule has 0 saturated carbocycles. The Balaban J connectivity index is 1.63. The molecular weight excluding hydrogens is 244 g/mol. The van der Waals surface area contributed by atoms with Gasteiger partial charge in [0.2, 0.25) is 0 Å². The van der Waals surface area contributed by atoms with Gasteiger partial charge in [-0.25, -0.2) is 0 Å². The minimum Gasteiger partial charge on any atom is -0.482 e. The molecule has 2 N–H and O–H groups in total. The summed E-state index contributed by atoms with van der Waals surface area (Å²) in [6.45, 7) is 2.19. The van der Waals surface area contributed by atoms with Crippen LogP contribution in [0.5, 0.6) is 5.75 Å². The number of aromatic nitrogens is 2. The number of hydrogen-bond acceptors (Lipinski definition) is 6. The first kappa shape index (κ1) is 11.8. The fourth-order valence-electron chi connectivity index (χ4n) is 2.09. The van der Waals surface area contributed by atoms with Gasteiger partial charge in [0.15, 0.2) is 6.61 Å². The highest BCUT2D eigenvalue weighted by Crippen LogP contribution is 2.22. The van der Waals surface area contributed by atoms with Crippen molar-refractivity contribution < 1.29 is 9.15 Å². The lowest BCUT2D eigenvalue weighted by Gasteiger charge is -2.09. The molecule has 1 aliphatic rings. The lowest BCUT2D eigenvalue weighted by molar-refractivity contribution is 0.265. The number of ether oxygens (including phenoxy) is 1. The molecule has 6 nitrogen and oxygen atoms in total. The smallest absolute Gasteiger partial charge is 0.318 e. The zero-order valence-corrected chi connectivity index (χ0v) is 10.6. The van der Waals surface area contributed by atoms with Crippen LogP contribution in [0.4, 0.5) is 11.7 Å². The van der Waals surface area contributed by atoms with Gasteiger partial charge in [0.1, 0.15) is 5.75 Å². The van der Waals surface area contributed by atoms with Gasteiger partial charge in [-0.05, 0) is 25.0 Å². The molecule has 3 rings (SSSR count). The van der Waals surface area contributed by atoms with Crippen molar-refractivity contribution in [2.24, 2.45) is 0 Å². The Hall–Kier alpha value is -2.24. The Morgan fingerprint density at radius 2 is 2.00 bits per heavy atom. The van der Waals surface area contributed by atoms with Gasteiger partial charge in [-0.1, -0.05) is 17.2 Å². The highest BCUT2D eigenvalue weighted by atomic mass is 16.5. The first-order chi connectivity index (χ1) is 9.33. The normalized spacial score (nSPS) is 14.8. The summed E-state index contributed by atoms with van der Waals surface area (Å²) >= 11 is 0. The van der Waals surface area contributed by atoms with Gasteiger partial charge < -0.3 is 19.8 Å². The summed E-state index contributed by atoms with van der Waals surface area (Å²) in [4.78, 5) is 2.09. The van der Waals surface area contributed by atoms with E-state index in [1.807, 2.05) is 18.2 Å². The van der Waals surface area contributed by atoms with E-state index in [0.29, 0.717) is 23.3 Å². The van der Waals surface area contributed by atoms with Crippen molar-refractivity contribution in [1.82, 2.24) is 10.2 Å². The Morgan fingerprint density at radius 3 is 2.79 bits per heavy atom. The average Bonchev–Trinajstić information content (AvgIpc) is 3.09. The quantitative estimate of drug-likeness (QED) is 0.845. The third-order valence-electron chi connectivity index (χ3n) is 3.10. The minimum atomic E-state index is 0.231. The fourth-order valence-corrected chi connectivity index (χ4v) is 2.09. The summed E-state index contributed by atoms with van der Waals surface area (Å²) in [6.07, 6.45) is 2.35. The molecule has 0 spiro atoms. The first-order valence-electron chi connectivity index (χ1n) is 6.37. The van der Waals surface area contributed by atoms with Gasteiger partial charge in [0, 0.05) is 13.1 Å². The Labute approximate surface area is 111 Å². The molecule has 0 bridgehead atoms. The van der Waals surface area contributed by atoms with Crippen molar-refractivity contribution >= 4 is 11.7 Å². The molecule has 2 aromatic rings. The standard InChI is InChI=1S/C13H16N4O2/c14-10-5-1-2-6-11(10)18-9-12-15-16-13(19-12)17-7-3-4-8-17/h1-2,5-6H,3-4,7-9,14H2. The fraction of sp³-hybridized carbons (Fsp3) is 0.385. The lowest BCUT2D eigenvalue weighted by atomic mass is 10.3. The molecule has 1 aromatic carbocycles. The number of nitrogen functional groups attached to an aromatic ring is 1. The number of benzene rings is 1. The maximum Gasteiger partial charge on any atom is 0.318 e. The van der Waals surface area contributed by atoms with E-state index in [4.69, 9.17) is 14.9 Å². The van der Waals surface area contributed by atoms with Crippen molar-refractivity contribution in [3.63, 3.8) is 0 Å². The molecule has 0 unspecified atom stereocenters. The van der Waals surface area contributed by atoms with E-state index in [9.17, 15) is 0 Å². The van der Waals surface area contributed by atoms with Crippen molar-refractivity contribution in [2.45, 2.75) is 19.4 Å². The number of nitrogens with two attached hydrogens (primary N) is 1. The molecule has 2 heterocycles. The second-order valence-corrected chi connectivity index (χ2v) is 4.50. The van der Waals surface area contributed by atoms with E-state index in [-0.39, 0.29) is 6.61 Å². The zero-order chi connectivity index (χ0) is 13.1. The van der Waals surface area contributed by atoms with Crippen LogP contribution in [0.1, 0.15) is 18.7 Å². The molecule has 0 aliphatic carbocycles. The molecule has 6 heteroatoms. The number of anilines is 2. The molecule has 1 saturated heterocycles. The van der Waals surface area contributed by atoms with Crippen LogP contribution < -0.4 is 15.4 Å². The number of nitrogens with zero attached hydrogens (tertiary/aromatic N) is 3. The highest BCUT2D eigenvalue weighted by Gasteiger charge is 2.18. The van der Waals surface area contributed by atoms with Crippen molar-refractivity contribution in [3.8, 4) is 5.75 Å². The molecule has 0 amide bonds. The van der Waals surface area contributed by atoms with Crippen LogP contribution in [0.2, 0.25) is 0 Å². The largest absolute Gasteiger partial charge is 0.482 e.